The lowest BCUT2D eigenvalue weighted by Crippen LogP contribution is -2.46. The maximum Gasteiger partial charge on any atom is 0.501 e. The number of rotatable bonds is 17. The summed E-state index contributed by atoms with van der Waals surface area (Å²) in [5, 5.41) is 13.4. The zero-order valence-corrected chi connectivity index (χ0v) is 44.6. The summed E-state index contributed by atoms with van der Waals surface area (Å²) in [6, 6.07) is 39.6. The van der Waals surface area contributed by atoms with Crippen LogP contribution < -0.4 is 25.1 Å². The Morgan fingerprint density at radius 2 is 1.47 bits per heavy atom. The molecule has 0 unspecified atom stereocenters. The second-order valence-corrected chi connectivity index (χ2v) is 25.1. The Bertz CT molecular complexity index is 3000. The smallest absolute Gasteiger partial charge is 0.396 e. The highest BCUT2D eigenvalue weighted by Gasteiger charge is 2.49. The fourth-order valence-corrected chi connectivity index (χ4v) is 14.7. The number of hydrogen-bond donors (Lipinski definition) is 2. The Kier molecular flexibility index (Phi) is 16.3. The van der Waals surface area contributed by atoms with E-state index in [-0.39, 0.29) is 42.7 Å². The van der Waals surface area contributed by atoms with Gasteiger partial charge in [-0.05, 0) is 155 Å². The number of benzene rings is 5. The molecule has 18 heteroatoms. The Morgan fingerprint density at radius 3 is 2.12 bits per heavy atom. The van der Waals surface area contributed by atoms with Gasteiger partial charge in [0.1, 0.15) is 4.90 Å². The molecule has 0 spiro atoms. The second kappa shape index (κ2) is 22.5. The number of likely N-dealkylation sites (tertiary alicyclic amines) is 1. The molecule has 2 N–H and O–H groups in total. The summed E-state index contributed by atoms with van der Waals surface area (Å²) in [6.45, 7) is 12.2. The molecule has 73 heavy (non-hydrogen) atoms. The maximum atomic E-state index is 15.0. The van der Waals surface area contributed by atoms with E-state index in [1.54, 1.807) is 4.67 Å². The number of aryl methyl sites for hydroxylation is 1. The lowest BCUT2D eigenvalue weighted by atomic mass is 9.97. The summed E-state index contributed by atoms with van der Waals surface area (Å²) < 4.78 is 95.2. The van der Waals surface area contributed by atoms with Crippen molar-refractivity contribution < 1.29 is 35.8 Å². The van der Waals surface area contributed by atoms with Gasteiger partial charge in [0.2, 0.25) is 0 Å². The SMILES string of the molecule is Cc1cc(-c2cccc(N3CCN(c4ccc(N5CCO[P@@]5(=O)c5ccc(N[C@H](CCN6CCC(CO)CC6)CSc6ccccc6)c(S(=O)(=O)C(F)(F)F)c5)cc4)CC3)c2)c(-c2ccc(Cl)cc2)n1C(C)C. The van der Waals surface area contributed by atoms with E-state index in [1.165, 1.54) is 35.2 Å². The Labute approximate surface area is 436 Å². The number of piperazine rings is 1. The van der Waals surface area contributed by atoms with Gasteiger partial charge in [-0.15, -0.1) is 11.8 Å². The van der Waals surface area contributed by atoms with E-state index < -0.39 is 33.8 Å². The molecule has 6 aromatic rings. The van der Waals surface area contributed by atoms with Gasteiger partial charge in [-0.2, -0.15) is 13.2 Å². The van der Waals surface area contributed by atoms with Crippen molar-refractivity contribution >= 4 is 68.8 Å². The number of alkyl halides is 3. The lowest BCUT2D eigenvalue weighted by Gasteiger charge is -2.37. The highest BCUT2D eigenvalue weighted by molar-refractivity contribution is 7.99. The molecule has 3 aliphatic rings. The largest absolute Gasteiger partial charge is 0.501 e. The fourth-order valence-electron chi connectivity index (χ4n) is 10.3. The first-order valence-electron chi connectivity index (χ1n) is 25.0. The quantitative estimate of drug-likeness (QED) is 0.0673. The Hall–Kier alpha value is -4.93. The normalized spacial score (nSPS) is 18.7. The molecule has 3 aliphatic heterocycles. The van der Waals surface area contributed by atoms with Gasteiger partial charge < -0.3 is 34.2 Å². The number of aliphatic hydroxyl groups is 1. The number of hydrogen-bond acceptors (Lipinski definition) is 10. The number of thioether (sulfide) groups is 1. The van der Waals surface area contributed by atoms with Crippen molar-refractivity contribution in [3.8, 4) is 22.4 Å². The van der Waals surface area contributed by atoms with Gasteiger partial charge in [-0.3, -0.25) is 9.24 Å². The summed E-state index contributed by atoms with van der Waals surface area (Å²) in [5.74, 6) is 0.693. The molecule has 3 fully saturated rings. The number of nitrogens with zero attached hydrogens (tertiary/aromatic N) is 5. The van der Waals surface area contributed by atoms with Gasteiger partial charge in [0.15, 0.2) is 0 Å². The summed E-state index contributed by atoms with van der Waals surface area (Å²) >= 11 is 7.81. The van der Waals surface area contributed by atoms with Gasteiger partial charge in [0.25, 0.3) is 9.84 Å². The summed E-state index contributed by atoms with van der Waals surface area (Å²) in [6.07, 6.45) is 2.22. The minimum absolute atomic E-state index is 0.0312. The van der Waals surface area contributed by atoms with Crippen LogP contribution in [0.25, 0.3) is 22.4 Å². The van der Waals surface area contributed by atoms with Crippen LogP contribution in [0.1, 0.15) is 44.8 Å². The number of anilines is 4. The van der Waals surface area contributed by atoms with Crippen LogP contribution >= 0.6 is 30.9 Å². The molecule has 9 rings (SSSR count). The molecule has 11 nitrogen and oxygen atoms in total. The third kappa shape index (κ3) is 11.7. The number of halogens is 4. The van der Waals surface area contributed by atoms with Gasteiger partial charge in [0.05, 0.1) is 29.8 Å². The number of piperidine rings is 1. The van der Waals surface area contributed by atoms with Crippen molar-refractivity contribution in [3.05, 3.63) is 138 Å². The molecule has 388 valence electrons. The monoisotopic (exact) mass is 1070 g/mol. The highest BCUT2D eigenvalue weighted by Crippen LogP contribution is 2.56. The van der Waals surface area contributed by atoms with Crippen molar-refractivity contribution in [3.63, 3.8) is 0 Å². The van der Waals surface area contributed by atoms with E-state index in [2.05, 4.69) is 87.8 Å². The molecule has 0 radical (unpaired) electrons. The van der Waals surface area contributed by atoms with Gasteiger partial charge in [-0.1, -0.05) is 54.1 Å². The Balaban J connectivity index is 0.906. The molecule has 0 bridgehead atoms. The first-order chi connectivity index (χ1) is 35.0. The van der Waals surface area contributed by atoms with Crippen LogP contribution in [0.2, 0.25) is 5.02 Å². The van der Waals surface area contributed by atoms with E-state index in [4.69, 9.17) is 16.1 Å². The van der Waals surface area contributed by atoms with Crippen LogP contribution in [0.3, 0.4) is 0 Å². The average molecular weight is 1080 g/mol. The highest BCUT2D eigenvalue weighted by atomic mass is 35.5. The molecule has 0 aliphatic carbocycles. The average Bonchev–Trinajstić information content (AvgIpc) is 3.97. The molecular weight excluding hydrogens is 1010 g/mol. The number of nitrogens with one attached hydrogen (secondary N) is 1. The lowest BCUT2D eigenvalue weighted by molar-refractivity contribution is -0.0435. The van der Waals surface area contributed by atoms with Crippen LogP contribution in [-0.2, 0) is 18.9 Å². The van der Waals surface area contributed by atoms with Crippen LogP contribution in [-0.4, -0.2) is 106 Å². The maximum absolute atomic E-state index is 15.0. The predicted octanol–water partition coefficient (Wildman–Crippen LogP) is 12.0. The second-order valence-electron chi connectivity index (χ2n) is 19.4. The van der Waals surface area contributed by atoms with E-state index in [0.29, 0.717) is 29.4 Å². The van der Waals surface area contributed by atoms with Crippen molar-refractivity contribution in [2.45, 2.75) is 67.4 Å². The molecular formula is C55H63ClF3N6O5PS2. The minimum Gasteiger partial charge on any atom is -0.396 e. The van der Waals surface area contributed by atoms with Crippen LogP contribution in [0.5, 0.6) is 0 Å². The van der Waals surface area contributed by atoms with E-state index >= 15 is 0 Å². The Morgan fingerprint density at radius 1 is 0.795 bits per heavy atom. The van der Waals surface area contributed by atoms with Crippen molar-refractivity contribution in [2.75, 3.05) is 91.1 Å². The molecule has 1 aromatic heterocycles. The molecule has 5 aromatic carbocycles. The number of aliphatic hydroxyl groups excluding tert-OH is 1. The van der Waals surface area contributed by atoms with Crippen LogP contribution in [0.15, 0.2) is 137 Å². The van der Waals surface area contributed by atoms with Crippen molar-refractivity contribution in [2.24, 2.45) is 5.92 Å². The third-order valence-corrected chi connectivity index (χ3v) is 19.7. The van der Waals surface area contributed by atoms with Gasteiger partial charge >= 0.3 is 13.0 Å². The van der Waals surface area contributed by atoms with E-state index in [1.807, 2.05) is 66.7 Å². The molecule has 3 saturated heterocycles. The first-order valence-corrected chi connectivity index (χ1v) is 29.4. The first kappa shape index (κ1) is 52.9. The zero-order valence-electron chi connectivity index (χ0n) is 41.3. The third-order valence-electron chi connectivity index (χ3n) is 14.3. The predicted molar refractivity (Wildman–Crippen MR) is 292 cm³/mol. The molecule has 4 heterocycles. The molecule has 2 atom stereocenters. The number of aromatic nitrogens is 1. The van der Waals surface area contributed by atoms with E-state index in [9.17, 15) is 31.3 Å². The fraction of sp³-hybridized carbons (Fsp3) is 0.382. The zero-order chi connectivity index (χ0) is 51.5. The van der Waals surface area contributed by atoms with Crippen LogP contribution in [0.4, 0.5) is 35.9 Å². The van der Waals surface area contributed by atoms with Crippen molar-refractivity contribution in [1.29, 1.82) is 0 Å². The van der Waals surface area contributed by atoms with Crippen molar-refractivity contribution in [1.82, 2.24) is 9.47 Å². The minimum atomic E-state index is -5.91. The van der Waals surface area contributed by atoms with E-state index in [0.717, 1.165) is 91.3 Å². The molecule has 0 amide bonds. The van der Waals surface area contributed by atoms with Crippen LogP contribution in [0, 0.1) is 12.8 Å². The standard InChI is InChI=1S/C55H63ClF3N6O5PS2/c1-39(2)65-40(3)34-51(54(65)42-12-14-44(56)15-13-42)43-8-7-9-48(35-43)63-30-28-62(29-31-63)46-16-18-47(19-17-46)64-32-33-70-71(64,67)49-20-21-52(53(36-49)73(68,69)55(57,58)59)60-45(38-72-50-10-5-4-6-11-50)24-27-61-25-22-41(37-66)23-26-61/h4-21,34-36,39,41,45,60,66H,22-33,37-38H2,1-3H3/t45-,71+/m1/s1. The molecule has 0 saturated carbocycles. The summed E-state index contributed by atoms with van der Waals surface area (Å²) in [4.78, 5) is 6.92. The topological polar surface area (TPSA) is 111 Å². The summed E-state index contributed by atoms with van der Waals surface area (Å²) in [5.41, 5.74) is 2.57. The van der Waals surface area contributed by atoms with Gasteiger partial charge in [0, 0.05) is 95.4 Å². The number of sulfone groups is 1. The van der Waals surface area contributed by atoms with Gasteiger partial charge in [-0.25, -0.2) is 8.42 Å². The summed E-state index contributed by atoms with van der Waals surface area (Å²) in [7, 11) is -9.99.